The highest BCUT2D eigenvalue weighted by Crippen LogP contribution is 2.38. The van der Waals surface area contributed by atoms with Crippen LogP contribution in [0.4, 0.5) is 5.69 Å². The van der Waals surface area contributed by atoms with Crippen LogP contribution in [0.5, 0.6) is 11.5 Å². The quantitative estimate of drug-likeness (QED) is 0.430. The highest BCUT2D eigenvalue weighted by molar-refractivity contribution is 9.10. The topological polar surface area (TPSA) is 76.1 Å². The third-order valence-corrected chi connectivity index (χ3v) is 6.33. The Morgan fingerprint density at radius 3 is 2.72 bits per heavy atom. The van der Waals surface area contributed by atoms with Crippen LogP contribution in [0, 0.1) is 0 Å². The maximum absolute atomic E-state index is 12.9. The van der Waals surface area contributed by atoms with Crippen LogP contribution in [-0.4, -0.2) is 35.0 Å². The van der Waals surface area contributed by atoms with Crippen molar-refractivity contribution < 1.29 is 24.2 Å². The summed E-state index contributed by atoms with van der Waals surface area (Å²) in [5.74, 6) is -0.698. The lowest BCUT2D eigenvalue weighted by molar-refractivity contribution is -0.139. The van der Waals surface area contributed by atoms with Crippen LogP contribution in [-0.2, 0) is 9.59 Å². The number of hydrogen-bond acceptors (Lipinski definition) is 6. The number of halogens is 2. The minimum absolute atomic E-state index is 0.261. The first-order valence-electron chi connectivity index (χ1n) is 8.06. The van der Waals surface area contributed by atoms with E-state index in [0.717, 1.165) is 4.47 Å². The molecule has 2 aromatic rings. The summed E-state index contributed by atoms with van der Waals surface area (Å²) in [7, 11) is 1.45. The molecule has 0 radical (unpaired) electrons. The van der Waals surface area contributed by atoms with Gasteiger partial charge in [0, 0.05) is 4.47 Å². The average molecular weight is 515 g/mol. The Balaban J connectivity index is 1.87. The molecule has 0 aromatic heterocycles. The van der Waals surface area contributed by atoms with E-state index in [2.05, 4.69) is 15.9 Å². The molecule has 1 aliphatic heterocycles. The number of thioether (sulfide) groups is 1. The predicted octanol–water partition coefficient (Wildman–Crippen LogP) is 4.98. The Labute approximate surface area is 189 Å². The van der Waals surface area contributed by atoms with Crippen molar-refractivity contribution in [3.63, 3.8) is 0 Å². The van der Waals surface area contributed by atoms with Gasteiger partial charge in [0.1, 0.15) is 0 Å². The molecule has 1 amide bonds. The Hall–Kier alpha value is -2.07. The summed E-state index contributed by atoms with van der Waals surface area (Å²) in [4.78, 5) is 25.4. The monoisotopic (exact) mass is 513 g/mol. The number of aliphatic carboxylic acids is 1. The molecule has 0 atom stereocenters. The van der Waals surface area contributed by atoms with Crippen molar-refractivity contribution in [1.29, 1.82) is 0 Å². The second-order valence-corrected chi connectivity index (χ2v) is 8.65. The first-order chi connectivity index (χ1) is 13.8. The summed E-state index contributed by atoms with van der Waals surface area (Å²) in [6.07, 6.45) is 1.68. The second kappa shape index (κ2) is 9.17. The molecule has 0 unspecified atom stereocenters. The van der Waals surface area contributed by atoms with Crippen LogP contribution in [0.3, 0.4) is 0 Å². The van der Waals surface area contributed by atoms with Gasteiger partial charge in [0.25, 0.3) is 5.91 Å². The predicted molar refractivity (Wildman–Crippen MR) is 121 cm³/mol. The first kappa shape index (κ1) is 21.6. The summed E-state index contributed by atoms with van der Waals surface area (Å²) in [5, 5.41) is 9.22. The molecule has 1 fully saturated rings. The lowest BCUT2D eigenvalue weighted by Crippen LogP contribution is -2.27. The summed E-state index contributed by atoms with van der Waals surface area (Å²) in [5.41, 5.74) is 1.26. The van der Waals surface area contributed by atoms with Gasteiger partial charge in [0.05, 0.1) is 22.7 Å². The molecule has 10 heteroatoms. The Bertz CT molecular complexity index is 1040. The van der Waals surface area contributed by atoms with Gasteiger partial charge in [-0.05, 0) is 57.9 Å². The van der Waals surface area contributed by atoms with Gasteiger partial charge in [-0.1, -0.05) is 41.6 Å². The lowest BCUT2D eigenvalue weighted by Gasteiger charge is -2.15. The number of hydrogen-bond donors (Lipinski definition) is 1. The van der Waals surface area contributed by atoms with Crippen LogP contribution < -0.4 is 14.4 Å². The van der Waals surface area contributed by atoms with E-state index < -0.39 is 12.6 Å². The molecule has 150 valence electrons. The van der Waals surface area contributed by atoms with Crippen molar-refractivity contribution in [1.82, 2.24) is 0 Å². The number of carbonyl (C=O) groups is 2. The summed E-state index contributed by atoms with van der Waals surface area (Å²) in [6, 6.07) is 10.1. The zero-order valence-corrected chi connectivity index (χ0v) is 18.8. The molecule has 2 aromatic carbocycles. The van der Waals surface area contributed by atoms with Gasteiger partial charge in [-0.15, -0.1) is 0 Å². The van der Waals surface area contributed by atoms with E-state index >= 15 is 0 Å². The molecule has 0 saturated carbocycles. The van der Waals surface area contributed by atoms with E-state index in [-0.39, 0.29) is 5.91 Å². The number of rotatable bonds is 6. The molecule has 0 bridgehead atoms. The van der Waals surface area contributed by atoms with Gasteiger partial charge < -0.3 is 14.6 Å². The van der Waals surface area contributed by atoms with Gasteiger partial charge in [0.15, 0.2) is 22.4 Å². The van der Waals surface area contributed by atoms with Crippen LogP contribution in [0.1, 0.15) is 5.56 Å². The van der Waals surface area contributed by atoms with E-state index in [1.807, 2.05) is 0 Å². The van der Waals surface area contributed by atoms with Gasteiger partial charge in [-0.2, -0.15) is 0 Å². The van der Waals surface area contributed by atoms with Gasteiger partial charge in [0.2, 0.25) is 0 Å². The minimum Gasteiger partial charge on any atom is -0.493 e. The highest BCUT2D eigenvalue weighted by Gasteiger charge is 2.33. The van der Waals surface area contributed by atoms with E-state index in [1.54, 1.807) is 42.5 Å². The third-order valence-electron chi connectivity index (χ3n) is 3.79. The van der Waals surface area contributed by atoms with Crippen molar-refractivity contribution >= 4 is 79.5 Å². The molecule has 1 heterocycles. The number of carboxylic acid groups (broad SMARTS) is 1. The van der Waals surface area contributed by atoms with Crippen molar-refractivity contribution in [3.05, 3.63) is 56.4 Å². The number of amides is 1. The summed E-state index contributed by atoms with van der Waals surface area (Å²) >= 11 is 16.0. The van der Waals surface area contributed by atoms with Crippen molar-refractivity contribution in [2.45, 2.75) is 0 Å². The third kappa shape index (κ3) is 4.92. The maximum Gasteiger partial charge on any atom is 0.341 e. The molecular weight excluding hydrogens is 502 g/mol. The average Bonchev–Trinajstić information content (AvgIpc) is 2.96. The highest BCUT2D eigenvalue weighted by atomic mass is 79.9. The van der Waals surface area contributed by atoms with E-state index in [1.165, 1.54) is 23.8 Å². The van der Waals surface area contributed by atoms with Crippen LogP contribution in [0.2, 0.25) is 5.02 Å². The van der Waals surface area contributed by atoms with Gasteiger partial charge in [-0.3, -0.25) is 9.69 Å². The Kier molecular flexibility index (Phi) is 6.84. The molecule has 1 saturated heterocycles. The molecule has 1 aliphatic rings. The molecule has 0 spiro atoms. The van der Waals surface area contributed by atoms with E-state index in [4.69, 9.17) is 38.4 Å². The van der Waals surface area contributed by atoms with Gasteiger partial charge in [-0.25, -0.2) is 4.79 Å². The number of anilines is 1. The van der Waals surface area contributed by atoms with Crippen molar-refractivity contribution in [2.75, 3.05) is 18.6 Å². The molecule has 3 rings (SSSR count). The maximum atomic E-state index is 12.9. The smallest absolute Gasteiger partial charge is 0.341 e. The minimum atomic E-state index is -1.09. The Morgan fingerprint density at radius 2 is 2.07 bits per heavy atom. The number of carboxylic acids is 1. The second-order valence-electron chi connectivity index (χ2n) is 5.71. The standard InChI is InChI=1S/C19H13BrClNO5S2/c1-26-15-6-10(2-5-14(15)27-9-17(23)24)7-16-18(25)22(19(28)29-16)11-3-4-12(20)13(21)8-11/h2-8H,9H2,1H3,(H,23,24)/b16-7+. The number of ether oxygens (including phenoxy) is 2. The molecule has 0 aliphatic carbocycles. The molecule has 6 nitrogen and oxygen atoms in total. The molecule has 29 heavy (non-hydrogen) atoms. The number of methoxy groups -OCH3 is 1. The molecular formula is C19H13BrClNO5S2. The van der Waals surface area contributed by atoms with Crippen LogP contribution in [0.15, 0.2) is 45.8 Å². The number of nitrogens with zero attached hydrogens (tertiary/aromatic N) is 1. The summed E-state index contributed by atoms with van der Waals surface area (Å²) in [6.45, 7) is -0.482. The van der Waals surface area contributed by atoms with Gasteiger partial charge >= 0.3 is 5.97 Å². The fourth-order valence-electron chi connectivity index (χ4n) is 2.50. The number of thiocarbonyl (C=S) groups is 1. The Morgan fingerprint density at radius 1 is 1.31 bits per heavy atom. The van der Waals surface area contributed by atoms with Crippen molar-refractivity contribution in [2.24, 2.45) is 0 Å². The molecule has 1 N–H and O–H groups in total. The lowest BCUT2D eigenvalue weighted by atomic mass is 10.2. The van der Waals surface area contributed by atoms with E-state index in [0.29, 0.717) is 37.0 Å². The number of carbonyl (C=O) groups excluding carboxylic acids is 1. The van der Waals surface area contributed by atoms with Crippen molar-refractivity contribution in [3.8, 4) is 11.5 Å². The largest absolute Gasteiger partial charge is 0.493 e. The zero-order valence-electron chi connectivity index (χ0n) is 14.8. The number of benzene rings is 2. The normalized spacial score (nSPS) is 15.1. The van der Waals surface area contributed by atoms with Crippen LogP contribution in [0.25, 0.3) is 6.08 Å². The fraction of sp³-hybridized carbons (Fsp3) is 0.105. The zero-order chi connectivity index (χ0) is 21.1. The van der Waals surface area contributed by atoms with E-state index in [9.17, 15) is 9.59 Å². The fourth-order valence-corrected chi connectivity index (χ4v) is 4.22. The first-order valence-corrected chi connectivity index (χ1v) is 10.5. The summed E-state index contributed by atoms with van der Waals surface area (Å²) < 4.78 is 11.6. The van der Waals surface area contributed by atoms with Crippen LogP contribution >= 0.6 is 51.5 Å². The SMILES string of the molecule is COc1cc(/C=C2/SC(=S)N(c3ccc(Br)c(Cl)c3)C2=O)ccc1OCC(=O)O.